The SMILES string of the molecule is Cc1ccc(Cn2c(=O)c3c(nc4n(CC5CCCO5)c(C)c(C)n34)n(C)c2=O)cc1. The zero-order valence-electron chi connectivity index (χ0n) is 18.4. The van der Waals surface area contributed by atoms with Crippen LogP contribution in [-0.2, 0) is 24.9 Å². The summed E-state index contributed by atoms with van der Waals surface area (Å²) in [5.74, 6) is 0.681. The number of aryl methyl sites for hydroxylation is 3. The van der Waals surface area contributed by atoms with Gasteiger partial charge in [0.05, 0.1) is 19.2 Å². The molecule has 0 spiro atoms. The number of nitrogens with zero attached hydrogens (tertiary/aromatic N) is 5. The molecule has 0 N–H and O–H groups in total. The van der Waals surface area contributed by atoms with Crippen LogP contribution in [0.5, 0.6) is 0 Å². The molecule has 1 aliphatic heterocycles. The molecule has 0 radical (unpaired) electrons. The van der Waals surface area contributed by atoms with Crippen molar-refractivity contribution < 1.29 is 4.74 Å². The first kappa shape index (κ1) is 19.8. The number of fused-ring (bicyclic) bond motifs is 3. The van der Waals surface area contributed by atoms with Gasteiger partial charge < -0.3 is 9.30 Å². The number of imidazole rings is 2. The summed E-state index contributed by atoms with van der Waals surface area (Å²) in [6.07, 6.45) is 2.23. The van der Waals surface area contributed by atoms with Crippen LogP contribution in [0.3, 0.4) is 0 Å². The predicted octanol–water partition coefficient (Wildman–Crippen LogP) is 2.30. The van der Waals surface area contributed by atoms with E-state index in [1.165, 1.54) is 9.13 Å². The predicted molar refractivity (Wildman–Crippen MR) is 119 cm³/mol. The summed E-state index contributed by atoms with van der Waals surface area (Å²) >= 11 is 0. The van der Waals surface area contributed by atoms with E-state index < -0.39 is 0 Å². The molecule has 4 heterocycles. The second-order valence-corrected chi connectivity index (χ2v) is 8.55. The Hall–Kier alpha value is -3.13. The molecule has 162 valence electrons. The third kappa shape index (κ3) is 3.05. The van der Waals surface area contributed by atoms with E-state index in [9.17, 15) is 9.59 Å². The fraction of sp³-hybridized carbons (Fsp3) is 0.435. The summed E-state index contributed by atoms with van der Waals surface area (Å²) < 4.78 is 12.6. The van der Waals surface area contributed by atoms with Crippen molar-refractivity contribution in [2.75, 3.05) is 6.61 Å². The van der Waals surface area contributed by atoms with Crippen molar-refractivity contribution in [3.8, 4) is 0 Å². The smallest absolute Gasteiger partial charge is 0.332 e. The Morgan fingerprint density at radius 2 is 1.81 bits per heavy atom. The van der Waals surface area contributed by atoms with Crippen molar-refractivity contribution in [3.05, 3.63) is 67.6 Å². The second kappa shape index (κ2) is 7.23. The van der Waals surface area contributed by atoms with E-state index in [0.29, 0.717) is 23.5 Å². The largest absolute Gasteiger partial charge is 0.376 e. The molecule has 1 saturated heterocycles. The van der Waals surface area contributed by atoms with E-state index >= 15 is 0 Å². The van der Waals surface area contributed by atoms with Gasteiger partial charge in [-0.1, -0.05) is 29.8 Å². The van der Waals surface area contributed by atoms with Crippen molar-refractivity contribution in [2.24, 2.45) is 7.05 Å². The number of benzene rings is 1. The first-order valence-corrected chi connectivity index (χ1v) is 10.7. The average Bonchev–Trinajstić information content (AvgIpc) is 3.46. The van der Waals surface area contributed by atoms with Crippen LogP contribution < -0.4 is 11.2 Å². The lowest BCUT2D eigenvalue weighted by atomic mass is 10.1. The van der Waals surface area contributed by atoms with Crippen molar-refractivity contribution in [2.45, 2.75) is 52.8 Å². The van der Waals surface area contributed by atoms with Crippen molar-refractivity contribution >= 4 is 16.9 Å². The first-order chi connectivity index (χ1) is 14.9. The van der Waals surface area contributed by atoms with Gasteiger partial charge in [0, 0.05) is 25.0 Å². The minimum absolute atomic E-state index is 0.149. The van der Waals surface area contributed by atoms with Crippen LogP contribution in [-0.4, -0.2) is 35.8 Å². The molecule has 8 nitrogen and oxygen atoms in total. The first-order valence-electron chi connectivity index (χ1n) is 10.7. The van der Waals surface area contributed by atoms with Crippen LogP contribution in [0.25, 0.3) is 16.9 Å². The summed E-state index contributed by atoms with van der Waals surface area (Å²) in [6, 6.07) is 7.87. The maximum atomic E-state index is 13.5. The highest BCUT2D eigenvalue weighted by atomic mass is 16.5. The number of ether oxygens (including phenoxy) is 1. The van der Waals surface area contributed by atoms with Crippen LogP contribution in [0, 0.1) is 20.8 Å². The van der Waals surface area contributed by atoms with E-state index in [4.69, 9.17) is 9.72 Å². The highest BCUT2D eigenvalue weighted by Crippen LogP contribution is 2.23. The lowest BCUT2D eigenvalue weighted by Gasteiger charge is -2.12. The summed E-state index contributed by atoms with van der Waals surface area (Å²) in [6.45, 7) is 7.74. The molecule has 1 aromatic carbocycles. The monoisotopic (exact) mass is 421 g/mol. The van der Waals surface area contributed by atoms with Gasteiger partial charge in [0.25, 0.3) is 5.56 Å². The molecule has 1 atom stereocenters. The molecule has 4 aromatic rings. The van der Waals surface area contributed by atoms with Crippen molar-refractivity contribution in [3.63, 3.8) is 0 Å². The third-order valence-corrected chi connectivity index (χ3v) is 6.50. The van der Waals surface area contributed by atoms with Crippen LogP contribution in [0.2, 0.25) is 0 Å². The fourth-order valence-corrected chi connectivity index (χ4v) is 4.54. The van der Waals surface area contributed by atoms with Gasteiger partial charge in [-0.05, 0) is 39.2 Å². The lowest BCUT2D eigenvalue weighted by Crippen LogP contribution is -2.39. The molecular formula is C23H27N5O3. The summed E-state index contributed by atoms with van der Waals surface area (Å²) in [4.78, 5) is 31.3. The second-order valence-electron chi connectivity index (χ2n) is 8.55. The minimum atomic E-state index is -0.362. The molecule has 0 bridgehead atoms. The third-order valence-electron chi connectivity index (χ3n) is 6.50. The Balaban J connectivity index is 1.73. The van der Waals surface area contributed by atoms with E-state index in [1.807, 2.05) is 49.4 Å². The number of hydrogen-bond acceptors (Lipinski definition) is 4. The molecular weight excluding hydrogens is 394 g/mol. The maximum absolute atomic E-state index is 13.5. The lowest BCUT2D eigenvalue weighted by molar-refractivity contribution is 0.0974. The number of hydrogen-bond donors (Lipinski definition) is 0. The van der Waals surface area contributed by atoms with Crippen LogP contribution >= 0.6 is 0 Å². The Morgan fingerprint density at radius 1 is 1.06 bits per heavy atom. The van der Waals surface area contributed by atoms with Gasteiger partial charge in [-0.15, -0.1) is 0 Å². The molecule has 31 heavy (non-hydrogen) atoms. The Bertz CT molecular complexity index is 1410. The van der Waals surface area contributed by atoms with E-state index in [0.717, 1.165) is 42.0 Å². The zero-order valence-corrected chi connectivity index (χ0v) is 18.4. The molecule has 5 rings (SSSR count). The molecule has 8 heteroatoms. The fourth-order valence-electron chi connectivity index (χ4n) is 4.54. The standard InChI is InChI=1S/C23H27N5O3/c1-14-7-9-17(10-8-14)12-27-21(29)19-20(25(4)23(27)30)24-22-26(13-18-6-5-11-31-18)15(2)16(3)28(19)22/h7-10,18H,5-6,11-13H2,1-4H3. The van der Waals surface area contributed by atoms with Gasteiger partial charge in [0.2, 0.25) is 5.78 Å². The topological polar surface area (TPSA) is 75.5 Å². The molecule has 0 amide bonds. The molecule has 3 aromatic heterocycles. The van der Waals surface area contributed by atoms with Crippen molar-refractivity contribution in [1.82, 2.24) is 23.1 Å². The Labute approximate surface area is 179 Å². The van der Waals surface area contributed by atoms with Gasteiger partial charge in [-0.2, -0.15) is 4.98 Å². The Kier molecular flexibility index (Phi) is 4.62. The van der Waals surface area contributed by atoms with E-state index in [1.54, 1.807) is 7.05 Å². The molecule has 1 unspecified atom stereocenters. The van der Waals surface area contributed by atoms with E-state index in [2.05, 4.69) is 4.57 Å². The average molecular weight is 422 g/mol. The quantitative estimate of drug-likeness (QED) is 0.507. The van der Waals surface area contributed by atoms with Gasteiger partial charge in [-0.3, -0.25) is 18.3 Å². The number of rotatable bonds is 4. The highest BCUT2D eigenvalue weighted by molar-refractivity contribution is 5.76. The van der Waals surface area contributed by atoms with Gasteiger partial charge in [0.15, 0.2) is 11.2 Å². The Morgan fingerprint density at radius 3 is 2.48 bits per heavy atom. The summed E-state index contributed by atoms with van der Waals surface area (Å²) in [5.41, 5.74) is 4.23. The van der Waals surface area contributed by atoms with Crippen LogP contribution in [0.15, 0.2) is 33.9 Å². The van der Waals surface area contributed by atoms with Crippen LogP contribution in [0.4, 0.5) is 0 Å². The normalized spacial score (nSPS) is 16.7. The molecule has 1 aliphatic rings. The van der Waals surface area contributed by atoms with Gasteiger partial charge in [-0.25, -0.2) is 4.79 Å². The van der Waals surface area contributed by atoms with E-state index in [-0.39, 0.29) is 23.9 Å². The summed E-state index contributed by atoms with van der Waals surface area (Å²) in [5, 5.41) is 0. The molecule has 0 saturated carbocycles. The molecule has 0 aliphatic carbocycles. The highest BCUT2D eigenvalue weighted by Gasteiger charge is 2.25. The van der Waals surface area contributed by atoms with Gasteiger partial charge >= 0.3 is 5.69 Å². The van der Waals surface area contributed by atoms with Crippen LogP contribution in [0.1, 0.15) is 35.4 Å². The van der Waals surface area contributed by atoms with Crippen molar-refractivity contribution in [1.29, 1.82) is 0 Å². The summed E-state index contributed by atoms with van der Waals surface area (Å²) in [7, 11) is 1.68. The minimum Gasteiger partial charge on any atom is -0.376 e. The molecule has 1 fully saturated rings. The maximum Gasteiger partial charge on any atom is 0.332 e. The van der Waals surface area contributed by atoms with Gasteiger partial charge in [0.1, 0.15) is 0 Å². The zero-order chi connectivity index (χ0) is 21.9. The number of aromatic nitrogens is 5.